The summed E-state index contributed by atoms with van der Waals surface area (Å²) >= 11 is 1.31. The number of nitriles is 1. The lowest BCUT2D eigenvalue weighted by Gasteiger charge is -2.25. The van der Waals surface area contributed by atoms with Crippen LogP contribution in [0.1, 0.15) is 42.1 Å². The molecule has 7 rings (SSSR count). The lowest BCUT2D eigenvalue weighted by Crippen LogP contribution is -2.40. The molecule has 0 bridgehead atoms. The summed E-state index contributed by atoms with van der Waals surface area (Å²) in [5, 5.41) is 13.2. The maximum absolute atomic E-state index is 14.4. The minimum absolute atomic E-state index is 0.223. The first-order valence-electron chi connectivity index (χ1n) is 15.6. The number of carbonyl (C=O) groups excluding carboxylic acids is 1. The molecule has 6 aromatic rings. The van der Waals surface area contributed by atoms with E-state index in [-0.39, 0.29) is 11.5 Å². The Labute approximate surface area is 280 Å². The number of para-hydroxylation sites is 2. The van der Waals surface area contributed by atoms with Crippen molar-refractivity contribution in [1.29, 1.82) is 5.26 Å². The van der Waals surface area contributed by atoms with E-state index in [2.05, 4.69) is 28.2 Å². The highest BCUT2D eigenvalue weighted by Gasteiger charge is 2.32. The van der Waals surface area contributed by atoms with Gasteiger partial charge in [0.2, 0.25) is 0 Å². The normalized spacial score (nSPS) is 14.4. The molecule has 0 saturated heterocycles. The summed E-state index contributed by atoms with van der Waals surface area (Å²) in [5.41, 5.74) is 5.78. The summed E-state index contributed by atoms with van der Waals surface area (Å²) in [5.74, 6) is 0.392. The third-order valence-electron chi connectivity index (χ3n) is 8.35. The third kappa shape index (κ3) is 5.85. The van der Waals surface area contributed by atoms with Gasteiger partial charge in [0.25, 0.3) is 11.5 Å². The number of amides is 1. The van der Waals surface area contributed by atoms with Crippen molar-refractivity contribution in [2.24, 2.45) is 4.99 Å². The number of thiazole rings is 1. The highest BCUT2D eigenvalue weighted by Crippen LogP contribution is 2.32. The Morgan fingerprint density at radius 3 is 2.46 bits per heavy atom. The topological polar surface area (TPSA) is 101 Å². The van der Waals surface area contributed by atoms with Crippen LogP contribution >= 0.6 is 11.3 Å². The van der Waals surface area contributed by atoms with Crippen LogP contribution in [0.2, 0.25) is 0 Å². The number of anilines is 1. The smallest absolute Gasteiger partial charge is 0.271 e. The van der Waals surface area contributed by atoms with Gasteiger partial charge in [0.05, 0.1) is 40.1 Å². The summed E-state index contributed by atoms with van der Waals surface area (Å²) < 4.78 is 9.98. The second-order valence-corrected chi connectivity index (χ2v) is 12.5. The lowest BCUT2D eigenvalue weighted by molar-refractivity contribution is -0.113. The second kappa shape index (κ2) is 13.0. The van der Waals surface area contributed by atoms with Gasteiger partial charge in [-0.15, -0.1) is 0 Å². The molecule has 3 heterocycles. The Morgan fingerprint density at radius 2 is 1.73 bits per heavy atom. The monoisotopic (exact) mass is 649 g/mol. The van der Waals surface area contributed by atoms with Gasteiger partial charge >= 0.3 is 0 Å². The van der Waals surface area contributed by atoms with E-state index in [0.29, 0.717) is 50.8 Å². The molecule has 9 heteroatoms. The number of fused-ring (bicyclic) bond motifs is 2. The number of allylic oxidation sites excluding steroid dienone is 1. The summed E-state index contributed by atoms with van der Waals surface area (Å²) in [7, 11) is 0. The van der Waals surface area contributed by atoms with Gasteiger partial charge in [0.1, 0.15) is 5.75 Å². The molecule has 1 amide bonds. The summed E-state index contributed by atoms with van der Waals surface area (Å²) in [4.78, 5) is 33.6. The fourth-order valence-electron chi connectivity index (χ4n) is 6.10. The van der Waals surface area contributed by atoms with Crippen LogP contribution in [0.25, 0.3) is 17.0 Å². The SMILES string of the molecule is CCOc1ccc([C@@H]2C(C(=O)Nc3ccccc3)=C(C)N=c3s/c(=C\c4cn(Cc5ccc(C#N)cc5)c5ccccc45)c(=O)n32)cc1. The average molecular weight is 650 g/mol. The number of hydrogen-bond acceptors (Lipinski definition) is 6. The van der Waals surface area contributed by atoms with E-state index >= 15 is 0 Å². The van der Waals surface area contributed by atoms with Gasteiger partial charge in [-0.25, -0.2) is 4.99 Å². The molecule has 236 valence electrons. The predicted octanol–water partition coefficient (Wildman–Crippen LogP) is 6.15. The number of rotatable bonds is 8. The van der Waals surface area contributed by atoms with Crippen LogP contribution < -0.4 is 24.9 Å². The Kier molecular flexibility index (Phi) is 8.32. The van der Waals surface area contributed by atoms with E-state index in [1.165, 1.54) is 11.3 Å². The standard InChI is InChI=1S/C39H31N5O3S/c1-3-47-31-19-17-28(18-20-31)36-35(37(45)42-30-9-5-4-6-10-30)25(2)41-39-44(36)38(46)34(48-39)21-29-24-43(33-12-8-7-11-32(29)33)23-27-15-13-26(22-40)14-16-27/h4-21,24,36H,3,23H2,1-2H3,(H,42,45)/b34-21-/t36-/m1/s1. The van der Waals surface area contributed by atoms with E-state index in [0.717, 1.165) is 27.6 Å². The molecule has 0 spiro atoms. The summed E-state index contributed by atoms with van der Waals surface area (Å²) in [6, 6.07) is 33.9. The Hall–Kier alpha value is -5.98. The molecule has 8 nitrogen and oxygen atoms in total. The Morgan fingerprint density at radius 1 is 1.00 bits per heavy atom. The van der Waals surface area contributed by atoms with Crippen molar-refractivity contribution < 1.29 is 9.53 Å². The molecule has 4 aromatic carbocycles. The van der Waals surface area contributed by atoms with Crippen LogP contribution in [0.3, 0.4) is 0 Å². The van der Waals surface area contributed by atoms with Crippen molar-refractivity contribution in [2.75, 3.05) is 11.9 Å². The van der Waals surface area contributed by atoms with Gasteiger partial charge in [0.15, 0.2) is 4.80 Å². The molecular formula is C39H31N5O3S. The molecule has 48 heavy (non-hydrogen) atoms. The zero-order chi connectivity index (χ0) is 33.2. The van der Waals surface area contributed by atoms with Crippen LogP contribution in [0.5, 0.6) is 5.75 Å². The maximum atomic E-state index is 14.4. The van der Waals surface area contributed by atoms with E-state index in [1.807, 2.05) is 117 Å². The van der Waals surface area contributed by atoms with E-state index in [4.69, 9.17) is 9.73 Å². The van der Waals surface area contributed by atoms with Crippen LogP contribution in [-0.4, -0.2) is 21.6 Å². The van der Waals surface area contributed by atoms with Gasteiger partial charge in [-0.05, 0) is 73.5 Å². The minimum Gasteiger partial charge on any atom is -0.494 e. The van der Waals surface area contributed by atoms with Gasteiger partial charge < -0.3 is 14.6 Å². The second-order valence-electron chi connectivity index (χ2n) is 11.4. The first kappa shape index (κ1) is 30.7. The zero-order valence-electron chi connectivity index (χ0n) is 26.4. The maximum Gasteiger partial charge on any atom is 0.271 e. The van der Waals surface area contributed by atoms with Crippen molar-refractivity contribution >= 4 is 39.9 Å². The predicted molar refractivity (Wildman–Crippen MR) is 189 cm³/mol. The van der Waals surface area contributed by atoms with Gasteiger partial charge in [-0.2, -0.15) is 5.26 Å². The quantitative estimate of drug-likeness (QED) is 0.214. The molecule has 0 fully saturated rings. The van der Waals surface area contributed by atoms with Gasteiger partial charge in [-0.3, -0.25) is 14.2 Å². The fourth-order valence-corrected chi connectivity index (χ4v) is 7.14. The molecule has 1 aliphatic heterocycles. The average Bonchev–Trinajstić information content (AvgIpc) is 3.61. The highest BCUT2D eigenvalue weighted by atomic mass is 32.1. The van der Waals surface area contributed by atoms with Crippen molar-refractivity contribution in [3.8, 4) is 11.8 Å². The van der Waals surface area contributed by atoms with Crippen molar-refractivity contribution in [2.45, 2.75) is 26.4 Å². The zero-order valence-corrected chi connectivity index (χ0v) is 27.2. The molecule has 1 aliphatic rings. The van der Waals surface area contributed by atoms with Crippen LogP contribution in [0.4, 0.5) is 5.69 Å². The van der Waals surface area contributed by atoms with Crippen LogP contribution in [0.15, 0.2) is 130 Å². The van der Waals surface area contributed by atoms with Crippen molar-refractivity contribution in [1.82, 2.24) is 9.13 Å². The molecular weight excluding hydrogens is 619 g/mol. The van der Waals surface area contributed by atoms with Gasteiger partial charge in [0, 0.05) is 34.9 Å². The summed E-state index contributed by atoms with van der Waals surface area (Å²) in [6.45, 7) is 4.88. The number of benzene rings is 4. The first-order valence-corrected chi connectivity index (χ1v) is 16.4. The number of carbonyl (C=O) groups is 1. The van der Waals surface area contributed by atoms with E-state index in [1.54, 1.807) is 4.57 Å². The molecule has 2 aromatic heterocycles. The van der Waals surface area contributed by atoms with Gasteiger partial charge in [-0.1, -0.05) is 72.0 Å². The number of nitrogens with zero attached hydrogens (tertiary/aromatic N) is 4. The van der Waals surface area contributed by atoms with Crippen LogP contribution in [0, 0.1) is 11.3 Å². The number of aromatic nitrogens is 2. The van der Waals surface area contributed by atoms with Crippen molar-refractivity contribution in [3.63, 3.8) is 0 Å². The molecule has 0 aliphatic carbocycles. The molecule has 1 atom stereocenters. The third-order valence-corrected chi connectivity index (χ3v) is 9.33. The Balaban J connectivity index is 1.34. The largest absolute Gasteiger partial charge is 0.494 e. The number of hydrogen-bond donors (Lipinski definition) is 1. The number of ether oxygens (including phenoxy) is 1. The molecule has 0 radical (unpaired) electrons. The van der Waals surface area contributed by atoms with Crippen molar-refractivity contribution in [3.05, 3.63) is 163 Å². The first-order chi connectivity index (χ1) is 23.4. The van der Waals surface area contributed by atoms with Crippen LogP contribution in [-0.2, 0) is 11.3 Å². The Bertz CT molecular complexity index is 2410. The molecule has 0 unspecified atom stereocenters. The molecule has 1 N–H and O–H groups in total. The van der Waals surface area contributed by atoms with E-state index < -0.39 is 6.04 Å². The minimum atomic E-state index is -0.694. The highest BCUT2D eigenvalue weighted by molar-refractivity contribution is 7.07. The lowest BCUT2D eigenvalue weighted by atomic mass is 9.95. The van der Waals surface area contributed by atoms with E-state index in [9.17, 15) is 14.9 Å². The number of nitrogens with one attached hydrogen (secondary N) is 1. The fraction of sp³-hybridized carbons (Fsp3) is 0.128. The summed E-state index contributed by atoms with van der Waals surface area (Å²) in [6.07, 6.45) is 3.97. The molecule has 0 saturated carbocycles.